The van der Waals surface area contributed by atoms with Crippen molar-refractivity contribution in [2.75, 3.05) is 13.1 Å². The summed E-state index contributed by atoms with van der Waals surface area (Å²) in [7, 11) is 1.58. The summed E-state index contributed by atoms with van der Waals surface area (Å²) in [5.74, 6) is -0.263. The van der Waals surface area contributed by atoms with E-state index in [9.17, 15) is 19.1 Å². The van der Waals surface area contributed by atoms with Crippen LogP contribution in [0.15, 0.2) is 39.8 Å². The molecule has 0 saturated carbocycles. The quantitative estimate of drug-likeness (QED) is 0.731. The highest BCUT2D eigenvalue weighted by atomic mass is 19.1. The van der Waals surface area contributed by atoms with Crippen molar-refractivity contribution in [2.24, 2.45) is 13.0 Å². The minimum absolute atomic E-state index is 0.0266. The van der Waals surface area contributed by atoms with Crippen LogP contribution in [0.3, 0.4) is 0 Å². The zero-order valence-electron chi connectivity index (χ0n) is 16.3. The molecule has 3 aromatic rings. The Kier molecular flexibility index (Phi) is 4.96. The Balaban J connectivity index is 1.52. The summed E-state index contributed by atoms with van der Waals surface area (Å²) in [6.07, 6.45) is 1.87. The van der Waals surface area contributed by atoms with Gasteiger partial charge in [0.1, 0.15) is 23.3 Å². The molecule has 3 heterocycles. The van der Waals surface area contributed by atoms with Gasteiger partial charge in [-0.15, -0.1) is 0 Å². The second kappa shape index (κ2) is 7.44. The van der Waals surface area contributed by atoms with Crippen molar-refractivity contribution in [3.8, 4) is 0 Å². The maximum Gasteiger partial charge on any atom is 0.265 e. The first-order valence-corrected chi connectivity index (χ1v) is 9.54. The van der Waals surface area contributed by atoms with Crippen LogP contribution in [0.2, 0.25) is 0 Å². The summed E-state index contributed by atoms with van der Waals surface area (Å²) >= 11 is 0. The van der Waals surface area contributed by atoms with Gasteiger partial charge in [0.15, 0.2) is 0 Å². The summed E-state index contributed by atoms with van der Waals surface area (Å²) in [6, 6.07) is 5.83. The summed E-state index contributed by atoms with van der Waals surface area (Å²) in [6.45, 7) is 2.56. The fraction of sp³-hybridized carbons (Fsp3) is 0.381. The van der Waals surface area contributed by atoms with Crippen molar-refractivity contribution in [3.63, 3.8) is 0 Å². The van der Waals surface area contributed by atoms with E-state index in [2.05, 4.69) is 4.98 Å². The van der Waals surface area contributed by atoms with Gasteiger partial charge in [-0.25, -0.2) is 9.37 Å². The van der Waals surface area contributed by atoms with Crippen molar-refractivity contribution in [1.29, 1.82) is 0 Å². The second-order valence-corrected chi connectivity index (χ2v) is 7.50. The van der Waals surface area contributed by atoms with Crippen LogP contribution in [0.5, 0.6) is 0 Å². The normalized spacial score (nSPS) is 16.3. The van der Waals surface area contributed by atoms with Crippen molar-refractivity contribution in [1.82, 2.24) is 14.5 Å². The smallest absolute Gasteiger partial charge is 0.265 e. The van der Waals surface area contributed by atoms with Gasteiger partial charge in [-0.05, 0) is 43.4 Å². The van der Waals surface area contributed by atoms with Crippen LogP contribution in [0.1, 0.15) is 40.6 Å². The monoisotopic (exact) mass is 399 g/mol. The number of likely N-dealkylation sites (tertiary alicyclic amines) is 1. The van der Waals surface area contributed by atoms with Crippen LogP contribution in [-0.4, -0.2) is 38.6 Å². The van der Waals surface area contributed by atoms with E-state index in [0.717, 1.165) is 0 Å². The number of aliphatic hydroxyl groups is 1. The SMILES string of the molecule is Cc1oc2ncn(C)c(=O)c2c1C(=O)N1CCC(C(O)c2ccc(F)cc2)CC1. The van der Waals surface area contributed by atoms with Gasteiger partial charge in [-0.1, -0.05) is 12.1 Å². The molecule has 1 aliphatic rings. The lowest BCUT2D eigenvalue weighted by molar-refractivity contribution is 0.0462. The molecule has 29 heavy (non-hydrogen) atoms. The average Bonchev–Trinajstić information content (AvgIpc) is 3.07. The van der Waals surface area contributed by atoms with Gasteiger partial charge in [0.25, 0.3) is 11.5 Å². The molecule has 1 fully saturated rings. The highest BCUT2D eigenvalue weighted by Crippen LogP contribution is 2.32. The Labute approximate surface area is 166 Å². The van der Waals surface area contributed by atoms with Crippen LogP contribution >= 0.6 is 0 Å². The molecule has 152 valence electrons. The van der Waals surface area contributed by atoms with Crippen molar-refractivity contribution >= 4 is 17.0 Å². The number of hydrogen-bond donors (Lipinski definition) is 1. The van der Waals surface area contributed by atoms with E-state index in [1.807, 2.05) is 0 Å². The van der Waals surface area contributed by atoms with Crippen molar-refractivity contribution in [3.05, 3.63) is 63.7 Å². The Morgan fingerprint density at radius 3 is 2.59 bits per heavy atom. The Morgan fingerprint density at radius 1 is 1.28 bits per heavy atom. The van der Waals surface area contributed by atoms with Gasteiger partial charge < -0.3 is 19.0 Å². The number of hydrogen-bond acceptors (Lipinski definition) is 5. The maximum atomic E-state index is 13.1. The van der Waals surface area contributed by atoms with Gasteiger partial charge in [0.05, 0.1) is 11.7 Å². The molecule has 7 nitrogen and oxygen atoms in total. The summed E-state index contributed by atoms with van der Waals surface area (Å²) in [5.41, 5.74) is 0.765. The summed E-state index contributed by atoms with van der Waals surface area (Å²) < 4.78 is 20.0. The van der Waals surface area contributed by atoms with E-state index in [4.69, 9.17) is 4.42 Å². The van der Waals surface area contributed by atoms with E-state index < -0.39 is 6.10 Å². The number of piperidine rings is 1. The highest BCUT2D eigenvalue weighted by molar-refractivity contribution is 6.06. The first kappa shape index (κ1) is 19.3. The predicted octanol–water partition coefficient (Wildman–Crippen LogP) is 2.56. The molecule has 0 aliphatic carbocycles. The molecular weight excluding hydrogens is 377 g/mol. The number of aliphatic hydroxyl groups excluding tert-OH is 1. The first-order valence-electron chi connectivity index (χ1n) is 9.54. The lowest BCUT2D eigenvalue weighted by Crippen LogP contribution is -2.40. The van der Waals surface area contributed by atoms with Crippen LogP contribution in [-0.2, 0) is 7.05 Å². The number of aromatic nitrogens is 2. The number of rotatable bonds is 3. The van der Waals surface area contributed by atoms with Gasteiger partial charge in [-0.3, -0.25) is 9.59 Å². The van der Waals surface area contributed by atoms with E-state index >= 15 is 0 Å². The fourth-order valence-electron chi connectivity index (χ4n) is 3.95. The van der Waals surface area contributed by atoms with Crippen LogP contribution in [0, 0.1) is 18.7 Å². The number of carbonyl (C=O) groups is 1. The number of furan rings is 1. The number of fused-ring (bicyclic) bond motifs is 1. The molecule has 4 rings (SSSR count). The molecule has 8 heteroatoms. The third-order valence-electron chi connectivity index (χ3n) is 5.65. The molecule has 0 spiro atoms. The minimum Gasteiger partial charge on any atom is -0.442 e. The predicted molar refractivity (Wildman–Crippen MR) is 104 cm³/mol. The van der Waals surface area contributed by atoms with Crippen molar-refractivity contribution in [2.45, 2.75) is 25.9 Å². The van der Waals surface area contributed by atoms with E-state index in [-0.39, 0.29) is 39.9 Å². The Morgan fingerprint density at radius 2 is 1.93 bits per heavy atom. The molecule has 1 aliphatic heterocycles. The molecule has 1 N–H and O–H groups in total. The largest absolute Gasteiger partial charge is 0.442 e. The number of halogens is 1. The second-order valence-electron chi connectivity index (χ2n) is 7.50. The van der Waals surface area contributed by atoms with Crippen LogP contribution < -0.4 is 5.56 Å². The molecule has 0 bridgehead atoms. The Hall–Kier alpha value is -3.00. The van der Waals surface area contributed by atoms with Crippen LogP contribution in [0.4, 0.5) is 4.39 Å². The number of aryl methyl sites for hydroxylation is 2. The van der Waals surface area contributed by atoms with Gasteiger partial charge in [0, 0.05) is 20.1 Å². The molecule has 1 aromatic carbocycles. The van der Waals surface area contributed by atoms with Crippen molar-refractivity contribution < 1.29 is 18.7 Å². The first-order chi connectivity index (χ1) is 13.9. The maximum absolute atomic E-state index is 13.1. The number of benzene rings is 1. The zero-order chi connectivity index (χ0) is 20.7. The van der Waals surface area contributed by atoms with Gasteiger partial charge in [0.2, 0.25) is 5.71 Å². The van der Waals surface area contributed by atoms with E-state index in [1.165, 1.54) is 23.0 Å². The third-order valence-corrected chi connectivity index (χ3v) is 5.65. The molecule has 1 saturated heterocycles. The fourth-order valence-corrected chi connectivity index (χ4v) is 3.95. The molecule has 1 unspecified atom stereocenters. The number of carbonyl (C=O) groups excluding carboxylic acids is 1. The molecule has 1 atom stereocenters. The van der Waals surface area contributed by atoms with Gasteiger partial charge >= 0.3 is 0 Å². The topological polar surface area (TPSA) is 88.6 Å². The number of amides is 1. The minimum atomic E-state index is -0.708. The van der Waals surface area contributed by atoms with E-state index in [0.29, 0.717) is 37.3 Å². The molecular formula is C21H22FN3O4. The zero-order valence-corrected chi connectivity index (χ0v) is 16.3. The van der Waals surface area contributed by atoms with Crippen LogP contribution in [0.25, 0.3) is 11.1 Å². The highest BCUT2D eigenvalue weighted by Gasteiger charge is 2.32. The molecule has 1 amide bonds. The average molecular weight is 399 g/mol. The Bertz CT molecular complexity index is 1110. The number of nitrogens with zero attached hydrogens (tertiary/aromatic N) is 3. The third kappa shape index (κ3) is 3.44. The standard InChI is InChI=1S/C21H22FN3O4/c1-12-16(17-19(29-12)23-11-24(2)20(17)27)21(28)25-9-7-14(8-10-25)18(26)13-3-5-15(22)6-4-13/h3-6,11,14,18,26H,7-10H2,1-2H3. The van der Waals surface area contributed by atoms with Gasteiger partial charge in [-0.2, -0.15) is 0 Å². The molecule has 0 radical (unpaired) electrons. The summed E-state index contributed by atoms with van der Waals surface area (Å²) in [4.78, 5) is 31.4. The molecule has 2 aromatic heterocycles. The van der Waals surface area contributed by atoms with E-state index in [1.54, 1.807) is 31.0 Å². The lowest BCUT2D eigenvalue weighted by atomic mass is 9.87. The summed E-state index contributed by atoms with van der Waals surface area (Å²) in [5, 5.41) is 10.8. The lowest BCUT2D eigenvalue weighted by Gasteiger charge is -2.34.